The Morgan fingerprint density at radius 1 is 1.30 bits per heavy atom. The number of ether oxygens (including phenoxy) is 1. The van der Waals surface area contributed by atoms with Gasteiger partial charge in [0.15, 0.2) is 0 Å². The van der Waals surface area contributed by atoms with Crippen molar-refractivity contribution in [3.05, 3.63) is 0 Å². The topological polar surface area (TPSA) is 58.6 Å². The Labute approximate surface area is 120 Å². The molecule has 5 nitrogen and oxygen atoms in total. The number of nitrogens with zero attached hydrogens (tertiary/aromatic N) is 1. The summed E-state index contributed by atoms with van der Waals surface area (Å²) < 4.78 is 5.42. The van der Waals surface area contributed by atoms with Gasteiger partial charge in [-0.1, -0.05) is 19.3 Å². The molecule has 0 radical (unpaired) electrons. The van der Waals surface area contributed by atoms with E-state index in [0.29, 0.717) is 12.5 Å². The number of carbonyl (C=O) groups excluding carboxylic acids is 2. The lowest BCUT2D eigenvalue weighted by molar-refractivity contribution is -0.160. The lowest BCUT2D eigenvalue weighted by Gasteiger charge is -2.50. The van der Waals surface area contributed by atoms with Crippen molar-refractivity contribution in [2.75, 3.05) is 19.8 Å². The Kier molecular flexibility index (Phi) is 3.71. The van der Waals surface area contributed by atoms with E-state index in [0.717, 1.165) is 45.3 Å². The van der Waals surface area contributed by atoms with E-state index in [1.54, 1.807) is 6.92 Å². The number of nitrogens with one attached hydrogen (secondary N) is 1. The van der Waals surface area contributed by atoms with Crippen LogP contribution in [0.2, 0.25) is 0 Å². The van der Waals surface area contributed by atoms with Crippen molar-refractivity contribution in [2.45, 2.75) is 57.0 Å². The summed E-state index contributed by atoms with van der Waals surface area (Å²) in [4.78, 5) is 27.1. The molecule has 3 rings (SSSR count). The van der Waals surface area contributed by atoms with Crippen molar-refractivity contribution in [3.63, 3.8) is 0 Å². The lowest BCUT2D eigenvalue weighted by atomic mass is 9.77. The highest BCUT2D eigenvalue weighted by molar-refractivity contribution is 5.99. The summed E-state index contributed by atoms with van der Waals surface area (Å²) in [6.45, 7) is 3.96. The molecule has 0 aromatic rings. The van der Waals surface area contributed by atoms with E-state index >= 15 is 0 Å². The van der Waals surface area contributed by atoms with Gasteiger partial charge in [0.25, 0.3) is 0 Å². The first-order valence-electron chi connectivity index (χ1n) is 7.84. The number of hydrogen-bond donors (Lipinski definition) is 1. The molecule has 1 N–H and O–H groups in total. The van der Waals surface area contributed by atoms with E-state index in [1.165, 1.54) is 6.42 Å². The largest absolute Gasteiger partial charge is 0.381 e. The Morgan fingerprint density at radius 2 is 2.05 bits per heavy atom. The second kappa shape index (κ2) is 5.35. The van der Waals surface area contributed by atoms with Gasteiger partial charge in [-0.05, 0) is 26.2 Å². The minimum absolute atomic E-state index is 0.0585. The third-order valence-corrected chi connectivity index (χ3v) is 5.07. The number of amides is 2. The minimum Gasteiger partial charge on any atom is -0.381 e. The SMILES string of the molecule is CC1NC(=O)C2(CCCCC2)N(CC2CCOC2)C1=O. The molecule has 2 aliphatic heterocycles. The molecular weight excluding hydrogens is 256 g/mol. The highest BCUT2D eigenvalue weighted by atomic mass is 16.5. The van der Waals surface area contributed by atoms with Gasteiger partial charge in [0.05, 0.1) is 6.61 Å². The van der Waals surface area contributed by atoms with Crippen LogP contribution in [-0.4, -0.2) is 48.1 Å². The third-order valence-electron chi connectivity index (χ3n) is 5.07. The van der Waals surface area contributed by atoms with Crippen LogP contribution >= 0.6 is 0 Å². The monoisotopic (exact) mass is 280 g/mol. The average molecular weight is 280 g/mol. The van der Waals surface area contributed by atoms with E-state index < -0.39 is 11.6 Å². The molecule has 1 aliphatic carbocycles. The Morgan fingerprint density at radius 3 is 2.70 bits per heavy atom. The maximum absolute atomic E-state index is 12.6. The highest BCUT2D eigenvalue weighted by Gasteiger charge is 2.52. The van der Waals surface area contributed by atoms with Gasteiger partial charge in [-0.3, -0.25) is 9.59 Å². The number of hydrogen-bond acceptors (Lipinski definition) is 3. The fraction of sp³-hybridized carbons (Fsp3) is 0.867. The molecular formula is C15H24N2O3. The van der Waals surface area contributed by atoms with Crippen LogP contribution in [0, 0.1) is 5.92 Å². The third kappa shape index (κ3) is 2.22. The molecule has 2 atom stereocenters. The Balaban J connectivity index is 1.85. The maximum Gasteiger partial charge on any atom is 0.246 e. The molecule has 2 heterocycles. The van der Waals surface area contributed by atoms with Crippen LogP contribution in [0.15, 0.2) is 0 Å². The molecule has 2 saturated heterocycles. The summed E-state index contributed by atoms with van der Waals surface area (Å²) in [5.41, 5.74) is -0.579. The van der Waals surface area contributed by atoms with Gasteiger partial charge in [-0.25, -0.2) is 0 Å². The van der Waals surface area contributed by atoms with E-state index in [4.69, 9.17) is 4.74 Å². The fourth-order valence-corrected chi connectivity index (χ4v) is 3.84. The molecule has 2 unspecified atom stereocenters. The summed E-state index contributed by atoms with van der Waals surface area (Å²) in [6, 6.07) is -0.391. The van der Waals surface area contributed by atoms with Crippen molar-refractivity contribution < 1.29 is 14.3 Å². The summed E-state index contributed by atoms with van der Waals surface area (Å²) >= 11 is 0. The molecule has 112 valence electrons. The highest BCUT2D eigenvalue weighted by Crippen LogP contribution is 2.37. The summed E-state index contributed by atoms with van der Waals surface area (Å²) in [5, 5.41) is 2.88. The van der Waals surface area contributed by atoms with Gasteiger partial charge in [-0.15, -0.1) is 0 Å². The molecule has 0 bridgehead atoms. The fourth-order valence-electron chi connectivity index (χ4n) is 3.84. The predicted molar refractivity (Wildman–Crippen MR) is 74.1 cm³/mol. The van der Waals surface area contributed by atoms with Crippen LogP contribution in [0.1, 0.15) is 45.4 Å². The van der Waals surface area contributed by atoms with Gasteiger partial charge in [0.1, 0.15) is 11.6 Å². The molecule has 0 aromatic carbocycles. The summed E-state index contributed by atoms with van der Waals surface area (Å²) in [5.74, 6) is 0.525. The second-order valence-electron chi connectivity index (χ2n) is 6.47. The van der Waals surface area contributed by atoms with Gasteiger partial charge >= 0.3 is 0 Å². The van der Waals surface area contributed by atoms with E-state index in [9.17, 15) is 9.59 Å². The number of rotatable bonds is 2. The van der Waals surface area contributed by atoms with Crippen LogP contribution < -0.4 is 5.32 Å². The van der Waals surface area contributed by atoms with E-state index in [-0.39, 0.29) is 11.8 Å². The van der Waals surface area contributed by atoms with Gasteiger partial charge in [0, 0.05) is 19.1 Å². The maximum atomic E-state index is 12.6. The average Bonchev–Trinajstić information content (AvgIpc) is 2.96. The normalized spacial score (nSPS) is 33.5. The standard InChI is InChI=1S/C15H24N2O3/c1-11-13(18)17(9-12-5-8-20-10-12)15(14(19)16-11)6-3-2-4-7-15/h11-12H,2-10H2,1H3,(H,16,19). The first kappa shape index (κ1) is 13.9. The van der Waals surface area contributed by atoms with E-state index in [2.05, 4.69) is 5.32 Å². The first-order chi connectivity index (χ1) is 9.63. The van der Waals surface area contributed by atoms with Crippen LogP contribution in [0.5, 0.6) is 0 Å². The van der Waals surface area contributed by atoms with Crippen molar-refractivity contribution in [1.82, 2.24) is 10.2 Å². The minimum atomic E-state index is -0.579. The molecule has 3 fully saturated rings. The molecule has 5 heteroatoms. The lowest BCUT2D eigenvalue weighted by Crippen LogP contribution is -2.71. The Hall–Kier alpha value is -1.10. The van der Waals surface area contributed by atoms with Gasteiger partial charge < -0.3 is 15.0 Å². The second-order valence-corrected chi connectivity index (χ2v) is 6.47. The molecule has 2 amide bonds. The van der Waals surface area contributed by atoms with Crippen LogP contribution in [0.25, 0.3) is 0 Å². The molecule has 20 heavy (non-hydrogen) atoms. The van der Waals surface area contributed by atoms with Crippen LogP contribution in [0.4, 0.5) is 0 Å². The van der Waals surface area contributed by atoms with Crippen molar-refractivity contribution in [3.8, 4) is 0 Å². The van der Waals surface area contributed by atoms with Crippen LogP contribution in [0.3, 0.4) is 0 Å². The molecule has 3 aliphatic rings. The van der Waals surface area contributed by atoms with Crippen LogP contribution in [-0.2, 0) is 14.3 Å². The number of piperazine rings is 1. The predicted octanol–water partition coefficient (Wildman–Crippen LogP) is 1.07. The smallest absolute Gasteiger partial charge is 0.246 e. The number of carbonyl (C=O) groups is 2. The molecule has 1 spiro atoms. The van der Waals surface area contributed by atoms with E-state index in [1.807, 2.05) is 4.90 Å². The zero-order valence-corrected chi connectivity index (χ0v) is 12.2. The zero-order chi connectivity index (χ0) is 14.2. The summed E-state index contributed by atoms with van der Waals surface area (Å²) in [7, 11) is 0. The van der Waals surface area contributed by atoms with Crippen molar-refractivity contribution in [2.24, 2.45) is 5.92 Å². The van der Waals surface area contributed by atoms with Gasteiger partial charge in [-0.2, -0.15) is 0 Å². The molecule has 1 saturated carbocycles. The van der Waals surface area contributed by atoms with Crippen molar-refractivity contribution >= 4 is 11.8 Å². The van der Waals surface area contributed by atoms with Crippen molar-refractivity contribution in [1.29, 1.82) is 0 Å². The Bertz CT molecular complexity index is 398. The zero-order valence-electron chi connectivity index (χ0n) is 12.2. The van der Waals surface area contributed by atoms with Gasteiger partial charge in [0.2, 0.25) is 11.8 Å². The summed E-state index contributed by atoms with van der Waals surface area (Å²) in [6.07, 6.45) is 5.85. The first-order valence-corrected chi connectivity index (χ1v) is 7.84. The quantitative estimate of drug-likeness (QED) is 0.823. The molecule has 0 aromatic heterocycles.